The fraction of sp³-hybridized carbons (Fsp3) is 0.650. The molecule has 1 amide bonds. The molecule has 0 aromatic carbocycles. The minimum atomic E-state index is -0.0434. The van der Waals surface area contributed by atoms with Crippen LogP contribution in [0.3, 0.4) is 0 Å². The molecule has 1 spiro atoms. The Balaban J connectivity index is 1.16. The Morgan fingerprint density at radius 3 is 3.14 bits per heavy atom. The second-order valence-corrected chi connectivity index (χ2v) is 8.56. The highest BCUT2D eigenvalue weighted by Gasteiger charge is 2.62. The normalized spacial score (nSPS) is 30.6. The summed E-state index contributed by atoms with van der Waals surface area (Å²) >= 11 is 0. The van der Waals surface area contributed by atoms with E-state index in [1.54, 1.807) is 24.9 Å². The molecular weight excluding hydrogens is 370 g/mol. The molecule has 3 aliphatic rings. The molecule has 2 aromatic rings. The Morgan fingerprint density at radius 2 is 2.34 bits per heavy atom. The van der Waals surface area contributed by atoms with E-state index >= 15 is 0 Å². The first kappa shape index (κ1) is 18.6. The van der Waals surface area contributed by atoms with Crippen LogP contribution in [0.5, 0.6) is 0 Å². The van der Waals surface area contributed by atoms with Gasteiger partial charge in [0.1, 0.15) is 12.2 Å². The summed E-state index contributed by atoms with van der Waals surface area (Å²) in [5.74, 6) is 1.90. The van der Waals surface area contributed by atoms with Crippen molar-refractivity contribution in [1.29, 1.82) is 0 Å². The molecule has 0 aliphatic carbocycles. The number of amides is 1. The summed E-state index contributed by atoms with van der Waals surface area (Å²) in [7, 11) is 1.98. The van der Waals surface area contributed by atoms with Crippen molar-refractivity contribution in [2.24, 2.45) is 18.9 Å². The highest BCUT2D eigenvalue weighted by Crippen LogP contribution is 2.54. The van der Waals surface area contributed by atoms with Crippen molar-refractivity contribution in [3.63, 3.8) is 0 Å². The molecule has 5 rings (SSSR count). The van der Waals surface area contributed by atoms with Gasteiger partial charge >= 0.3 is 0 Å². The van der Waals surface area contributed by atoms with Gasteiger partial charge in [-0.2, -0.15) is 0 Å². The molecular formula is C20H27N7O2. The summed E-state index contributed by atoms with van der Waals surface area (Å²) in [4.78, 5) is 23.1. The number of nitrogens with zero attached hydrogens (tertiary/aromatic N) is 6. The van der Waals surface area contributed by atoms with E-state index in [0.717, 1.165) is 44.0 Å². The van der Waals surface area contributed by atoms with Gasteiger partial charge in [-0.3, -0.25) is 19.7 Å². The smallest absolute Gasteiger partial charge is 0.220 e. The van der Waals surface area contributed by atoms with Gasteiger partial charge in [-0.1, -0.05) is 0 Å². The lowest BCUT2D eigenvalue weighted by atomic mass is 9.73. The lowest BCUT2D eigenvalue weighted by Gasteiger charge is -2.29. The van der Waals surface area contributed by atoms with Crippen molar-refractivity contribution >= 4 is 5.91 Å². The third kappa shape index (κ3) is 3.53. The summed E-state index contributed by atoms with van der Waals surface area (Å²) in [6.45, 7) is 3.41. The molecule has 154 valence electrons. The molecule has 9 heteroatoms. The highest BCUT2D eigenvalue weighted by molar-refractivity contribution is 5.76. The first-order chi connectivity index (χ1) is 14.1. The number of likely N-dealkylation sites (tertiary alicyclic amines) is 1. The first-order valence-electron chi connectivity index (χ1n) is 10.4. The molecule has 0 saturated carbocycles. The van der Waals surface area contributed by atoms with Gasteiger partial charge < -0.3 is 14.6 Å². The van der Waals surface area contributed by atoms with Crippen molar-refractivity contribution in [1.82, 2.24) is 34.9 Å². The quantitative estimate of drug-likeness (QED) is 0.719. The number of fused-ring (bicyclic) bond motifs is 1. The van der Waals surface area contributed by atoms with Gasteiger partial charge in [-0.15, -0.1) is 10.2 Å². The molecule has 3 aliphatic heterocycles. The minimum Gasteiger partial charge on any atom is -0.370 e. The largest absolute Gasteiger partial charge is 0.370 e. The van der Waals surface area contributed by atoms with Crippen LogP contribution in [0.25, 0.3) is 0 Å². The lowest BCUT2D eigenvalue weighted by Crippen LogP contribution is -2.41. The number of hydrogen-bond donors (Lipinski definition) is 1. The monoisotopic (exact) mass is 397 g/mol. The van der Waals surface area contributed by atoms with Crippen LogP contribution < -0.4 is 5.32 Å². The number of aryl methyl sites for hydroxylation is 2. The minimum absolute atomic E-state index is 0.0434. The number of carbonyl (C=O) groups is 1. The van der Waals surface area contributed by atoms with Crippen LogP contribution in [0, 0.1) is 11.8 Å². The third-order valence-corrected chi connectivity index (χ3v) is 6.78. The number of nitrogens with one attached hydrogen (secondary N) is 1. The Bertz CT molecular complexity index is 873. The maximum Gasteiger partial charge on any atom is 0.220 e. The van der Waals surface area contributed by atoms with Crippen LogP contribution in [0.2, 0.25) is 0 Å². The number of aromatic nitrogens is 5. The maximum absolute atomic E-state index is 12.4. The fourth-order valence-electron chi connectivity index (χ4n) is 5.35. The topological polar surface area (TPSA) is 98.1 Å². The third-order valence-electron chi connectivity index (χ3n) is 6.78. The molecule has 2 bridgehead atoms. The van der Waals surface area contributed by atoms with Gasteiger partial charge in [0, 0.05) is 63.5 Å². The second kappa shape index (κ2) is 7.46. The van der Waals surface area contributed by atoms with Crippen LogP contribution in [0.1, 0.15) is 30.8 Å². The first-order valence-corrected chi connectivity index (χ1v) is 10.4. The Morgan fingerprint density at radius 1 is 1.41 bits per heavy atom. The molecule has 2 aromatic heterocycles. The predicted molar refractivity (Wildman–Crippen MR) is 103 cm³/mol. The van der Waals surface area contributed by atoms with Gasteiger partial charge in [0.05, 0.1) is 23.9 Å². The van der Waals surface area contributed by atoms with Gasteiger partial charge in [0.2, 0.25) is 5.91 Å². The Labute approximate surface area is 169 Å². The highest BCUT2D eigenvalue weighted by atomic mass is 16.5. The van der Waals surface area contributed by atoms with E-state index in [0.29, 0.717) is 31.2 Å². The van der Waals surface area contributed by atoms with Crippen LogP contribution in [-0.2, 0) is 29.5 Å². The molecule has 9 nitrogen and oxygen atoms in total. The molecule has 4 atom stereocenters. The van der Waals surface area contributed by atoms with E-state index in [9.17, 15) is 4.79 Å². The van der Waals surface area contributed by atoms with E-state index in [-0.39, 0.29) is 17.6 Å². The molecule has 1 N–H and O–H groups in total. The van der Waals surface area contributed by atoms with Crippen LogP contribution >= 0.6 is 0 Å². The molecule has 29 heavy (non-hydrogen) atoms. The second-order valence-electron chi connectivity index (χ2n) is 8.56. The number of ether oxygens (including phenoxy) is 1. The van der Waals surface area contributed by atoms with E-state index < -0.39 is 0 Å². The van der Waals surface area contributed by atoms with Crippen LogP contribution in [-0.4, -0.2) is 66.9 Å². The van der Waals surface area contributed by atoms with E-state index in [1.807, 2.05) is 11.6 Å². The number of rotatable bonds is 7. The fourth-order valence-corrected chi connectivity index (χ4v) is 5.35. The summed E-state index contributed by atoms with van der Waals surface area (Å²) in [6.07, 6.45) is 10.3. The number of hydrogen-bond acceptors (Lipinski definition) is 7. The van der Waals surface area contributed by atoms with Crippen LogP contribution in [0.4, 0.5) is 0 Å². The standard InChI is InChI=1S/C20H27N7O2/c1-26-13-24-25-18(26)11-27-10-16-15(17-4-5-20(16,12-27)29-17)9-23-19(28)3-2-14-8-21-6-7-22-14/h6-8,13,15-17H,2-5,9-12H2,1H3,(H,23,28)/t15-,16+,17+,20+/m0/s1. The Kier molecular flexibility index (Phi) is 4.79. The van der Waals surface area contributed by atoms with E-state index in [1.165, 1.54) is 0 Å². The van der Waals surface area contributed by atoms with E-state index in [4.69, 9.17) is 4.74 Å². The summed E-state index contributed by atoms with van der Waals surface area (Å²) < 4.78 is 8.45. The van der Waals surface area contributed by atoms with E-state index in [2.05, 4.69) is 30.4 Å². The van der Waals surface area contributed by atoms with Gasteiger partial charge in [-0.05, 0) is 19.3 Å². The van der Waals surface area contributed by atoms with Crippen molar-refractivity contribution in [2.45, 2.75) is 43.9 Å². The Hall–Kier alpha value is -2.39. The zero-order valence-corrected chi connectivity index (χ0v) is 16.7. The molecule has 0 unspecified atom stereocenters. The summed E-state index contributed by atoms with van der Waals surface area (Å²) in [5, 5.41) is 11.4. The average Bonchev–Trinajstić information content (AvgIpc) is 3.47. The average molecular weight is 397 g/mol. The van der Waals surface area contributed by atoms with Crippen molar-refractivity contribution < 1.29 is 9.53 Å². The summed E-state index contributed by atoms with van der Waals surface area (Å²) in [5.41, 5.74) is 0.804. The zero-order chi connectivity index (χ0) is 19.8. The predicted octanol–water partition coefficient (Wildman–Crippen LogP) is 0.334. The SMILES string of the molecule is Cn1cnnc1CN1C[C@@H]2[C@H](CNC(=O)CCc3cnccn3)[C@H]3CC[C@]2(C1)O3. The molecule has 0 radical (unpaired) electrons. The summed E-state index contributed by atoms with van der Waals surface area (Å²) in [6, 6.07) is 0. The zero-order valence-electron chi connectivity index (χ0n) is 16.7. The van der Waals surface area contributed by atoms with Crippen LogP contribution in [0.15, 0.2) is 24.9 Å². The van der Waals surface area contributed by atoms with Gasteiger partial charge in [-0.25, -0.2) is 0 Å². The maximum atomic E-state index is 12.4. The van der Waals surface area contributed by atoms with Crippen molar-refractivity contribution in [3.05, 3.63) is 36.4 Å². The number of carbonyl (C=O) groups excluding carboxylic acids is 1. The molecule has 3 saturated heterocycles. The van der Waals surface area contributed by atoms with Gasteiger partial charge in [0.15, 0.2) is 0 Å². The molecule has 5 heterocycles. The van der Waals surface area contributed by atoms with Crippen molar-refractivity contribution in [2.75, 3.05) is 19.6 Å². The lowest BCUT2D eigenvalue weighted by molar-refractivity contribution is -0.121. The molecule has 3 fully saturated rings. The van der Waals surface area contributed by atoms with Crippen molar-refractivity contribution in [3.8, 4) is 0 Å². The van der Waals surface area contributed by atoms with Gasteiger partial charge in [0.25, 0.3) is 0 Å².